The van der Waals surface area contributed by atoms with Crippen molar-refractivity contribution in [3.05, 3.63) is 28.5 Å². The lowest BCUT2D eigenvalue weighted by molar-refractivity contribution is 0.0696. The molecule has 0 aliphatic carbocycles. The second-order valence-electron chi connectivity index (χ2n) is 3.99. The highest BCUT2D eigenvalue weighted by Gasteiger charge is 2.22. The SMILES string of the molecule is CCC(O)CNS(=O)(=O)c1cc(F)c(Cl)c(C(=O)O)c1. The van der Waals surface area contributed by atoms with Gasteiger partial charge in [0.1, 0.15) is 5.82 Å². The van der Waals surface area contributed by atoms with Gasteiger partial charge >= 0.3 is 5.97 Å². The maximum Gasteiger partial charge on any atom is 0.337 e. The summed E-state index contributed by atoms with van der Waals surface area (Å²) in [7, 11) is -4.13. The zero-order chi connectivity index (χ0) is 15.5. The molecule has 0 bridgehead atoms. The number of halogens is 2. The highest BCUT2D eigenvalue weighted by Crippen LogP contribution is 2.24. The van der Waals surface area contributed by atoms with Crippen LogP contribution in [0.1, 0.15) is 23.7 Å². The summed E-state index contributed by atoms with van der Waals surface area (Å²) >= 11 is 5.45. The van der Waals surface area contributed by atoms with Crippen molar-refractivity contribution in [1.82, 2.24) is 4.72 Å². The van der Waals surface area contributed by atoms with Gasteiger partial charge in [0.05, 0.1) is 21.6 Å². The minimum absolute atomic E-state index is 0.258. The van der Waals surface area contributed by atoms with Crippen LogP contribution in [0.5, 0.6) is 0 Å². The standard InChI is InChI=1S/C11H13ClFNO5S/c1-2-6(15)5-14-20(18,19)7-3-8(11(16)17)10(12)9(13)4-7/h3-4,6,14-15H,2,5H2,1H3,(H,16,17). The highest BCUT2D eigenvalue weighted by molar-refractivity contribution is 7.89. The molecule has 1 atom stereocenters. The van der Waals surface area contributed by atoms with Crippen molar-refractivity contribution in [1.29, 1.82) is 0 Å². The minimum Gasteiger partial charge on any atom is -0.478 e. The zero-order valence-corrected chi connectivity index (χ0v) is 12.0. The van der Waals surface area contributed by atoms with Crippen LogP contribution in [0.25, 0.3) is 0 Å². The summed E-state index contributed by atoms with van der Waals surface area (Å²) in [6.07, 6.45) is -0.557. The average molecular weight is 326 g/mol. The third-order valence-corrected chi connectivity index (χ3v) is 4.31. The lowest BCUT2D eigenvalue weighted by Gasteiger charge is -2.11. The molecule has 0 aliphatic rings. The molecule has 0 fully saturated rings. The first-order valence-electron chi connectivity index (χ1n) is 5.59. The van der Waals surface area contributed by atoms with Crippen LogP contribution in [0.2, 0.25) is 5.02 Å². The first kappa shape index (κ1) is 16.8. The van der Waals surface area contributed by atoms with E-state index in [0.717, 1.165) is 6.07 Å². The van der Waals surface area contributed by atoms with Gasteiger partial charge in [0.2, 0.25) is 10.0 Å². The number of aromatic carboxylic acids is 1. The number of nitrogens with one attached hydrogen (secondary N) is 1. The Labute approximate surface area is 120 Å². The topological polar surface area (TPSA) is 104 Å². The molecular weight excluding hydrogens is 313 g/mol. The van der Waals surface area contributed by atoms with Gasteiger partial charge in [-0.1, -0.05) is 18.5 Å². The first-order valence-corrected chi connectivity index (χ1v) is 7.45. The van der Waals surface area contributed by atoms with Gasteiger partial charge in [-0.15, -0.1) is 0 Å². The van der Waals surface area contributed by atoms with E-state index in [0.29, 0.717) is 12.5 Å². The Hall–Kier alpha value is -1.22. The Morgan fingerprint density at radius 3 is 2.60 bits per heavy atom. The second kappa shape index (κ2) is 6.49. The third-order valence-electron chi connectivity index (χ3n) is 2.52. The fourth-order valence-electron chi connectivity index (χ4n) is 1.31. The maximum atomic E-state index is 13.5. The fourth-order valence-corrected chi connectivity index (χ4v) is 2.61. The predicted octanol–water partition coefficient (Wildman–Crippen LogP) is 1.23. The number of benzene rings is 1. The van der Waals surface area contributed by atoms with Gasteiger partial charge in [-0.05, 0) is 18.6 Å². The largest absolute Gasteiger partial charge is 0.478 e. The van der Waals surface area contributed by atoms with Crippen LogP contribution in [0, 0.1) is 5.82 Å². The van der Waals surface area contributed by atoms with Crippen LogP contribution in [0.4, 0.5) is 4.39 Å². The van der Waals surface area contributed by atoms with Crippen LogP contribution in [0.3, 0.4) is 0 Å². The molecule has 0 saturated carbocycles. The van der Waals surface area contributed by atoms with E-state index in [2.05, 4.69) is 4.72 Å². The molecule has 1 unspecified atom stereocenters. The summed E-state index contributed by atoms with van der Waals surface area (Å²) in [6.45, 7) is 1.40. The second-order valence-corrected chi connectivity index (χ2v) is 6.13. The number of hydrogen-bond acceptors (Lipinski definition) is 4. The molecule has 1 aromatic rings. The molecule has 0 spiro atoms. The molecule has 1 rings (SSSR count). The van der Waals surface area contributed by atoms with Crippen molar-refractivity contribution in [3.8, 4) is 0 Å². The minimum atomic E-state index is -4.13. The smallest absolute Gasteiger partial charge is 0.337 e. The normalized spacial score (nSPS) is 13.2. The van der Waals surface area contributed by atoms with E-state index in [1.807, 2.05) is 0 Å². The number of aliphatic hydroxyl groups excluding tert-OH is 1. The lowest BCUT2D eigenvalue weighted by Crippen LogP contribution is -2.32. The van der Waals surface area contributed by atoms with E-state index in [-0.39, 0.29) is 6.54 Å². The molecule has 112 valence electrons. The van der Waals surface area contributed by atoms with Gasteiger partial charge in [-0.25, -0.2) is 22.3 Å². The third kappa shape index (κ3) is 3.89. The Morgan fingerprint density at radius 1 is 1.50 bits per heavy atom. The number of aliphatic hydroxyl groups is 1. The van der Waals surface area contributed by atoms with E-state index in [4.69, 9.17) is 16.7 Å². The van der Waals surface area contributed by atoms with Crippen molar-refractivity contribution >= 4 is 27.6 Å². The van der Waals surface area contributed by atoms with E-state index in [1.165, 1.54) is 0 Å². The van der Waals surface area contributed by atoms with Crippen LogP contribution >= 0.6 is 11.6 Å². The molecule has 0 heterocycles. The number of sulfonamides is 1. The van der Waals surface area contributed by atoms with Gasteiger partial charge in [0, 0.05) is 6.54 Å². The molecule has 6 nitrogen and oxygen atoms in total. The number of hydrogen-bond donors (Lipinski definition) is 3. The van der Waals surface area contributed by atoms with Crippen molar-refractivity contribution in [2.75, 3.05) is 6.54 Å². The van der Waals surface area contributed by atoms with Gasteiger partial charge < -0.3 is 10.2 Å². The van der Waals surface area contributed by atoms with Crippen LogP contribution < -0.4 is 4.72 Å². The highest BCUT2D eigenvalue weighted by atomic mass is 35.5. The summed E-state index contributed by atoms with van der Waals surface area (Å²) in [6, 6.07) is 1.38. The summed E-state index contributed by atoms with van der Waals surface area (Å²) in [5.74, 6) is -2.69. The van der Waals surface area contributed by atoms with E-state index < -0.39 is 43.4 Å². The maximum absolute atomic E-state index is 13.5. The average Bonchev–Trinajstić information content (AvgIpc) is 2.38. The lowest BCUT2D eigenvalue weighted by atomic mass is 10.2. The molecule has 9 heteroatoms. The van der Waals surface area contributed by atoms with E-state index in [9.17, 15) is 22.7 Å². The number of carbonyl (C=O) groups is 1. The monoisotopic (exact) mass is 325 g/mol. The van der Waals surface area contributed by atoms with Crippen molar-refractivity contribution in [2.24, 2.45) is 0 Å². The number of carboxylic acid groups (broad SMARTS) is 1. The van der Waals surface area contributed by atoms with Crippen LogP contribution in [0.15, 0.2) is 17.0 Å². The summed E-state index contributed by atoms with van der Waals surface area (Å²) < 4.78 is 39.2. The molecule has 3 N–H and O–H groups in total. The van der Waals surface area contributed by atoms with Crippen molar-refractivity contribution in [3.63, 3.8) is 0 Å². The Morgan fingerprint density at radius 2 is 2.10 bits per heavy atom. The van der Waals surface area contributed by atoms with Crippen LogP contribution in [-0.4, -0.2) is 37.2 Å². The molecule has 0 aliphatic heterocycles. The molecule has 0 amide bonds. The molecule has 0 radical (unpaired) electrons. The molecule has 0 aromatic heterocycles. The molecule has 1 aromatic carbocycles. The Bertz CT molecular complexity index is 619. The van der Waals surface area contributed by atoms with Crippen molar-refractivity contribution < 1.29 is 27.8 Å². The summed E-state index contributed by atoms with van der Waals surface area (Å²) in [4.78, 5) is 10.3. The van der Waals surface area contributed by atoms with Gasteiger partial charge in [0.25, 0.3) is 0 Å². The van der Waals surface area contributed by atoms with Gasteiger partial charge in [-0.2, -0.15) is 0 Å². The molecular formula is C11H13ClFNO5S. The predicted molar refractivity (Wildman–Crippen MR) is 69.9 cm³/mol. The fraction of sp³-hybridized carbons (Fsp3) is 0.364. The van der Waals surface area contributed by atoms with Crippen molar-refractivity contribution in [2.45, 2.75) is 24.3 Å². The Kier molecular flexibility index (Phi) is 5.46. The Balaban J connectivity index is 3.16. The summed E-state index contributed by atoms with van der Waals surface area (Å²) in [5, 5.41) is 17.5. The quantitative estimate of drug-likeness (QED) is 0.729. The molecule has 0 saturated heterocycles. The molecule has 20 heavy (non-hydrogen) atoms. The zero-order valence-electron chi connectivity index (χ0n) is 10.4. The van der Waals surface area contributed by atoms with Gasteiger partial charge in [-0.3, -0.25) is 0 Å². The number of carboxylic acids is 1. The summed E-state index contributed by atoms with van der Waals surface area (Å²) in [5.41, 5.74) is -0.650. The van der Waals surface area contributed by atoms with Gasteiger partial charge in [0.15, 0.2) is 0 Å². The van der Waals surface area contributed by atoms with E-state index >= 15 is 0 Å². The number of rotatable bonds is 6. The van der Waals surface area contributed by atoms with Crippen LogP contribution in [-0.2, 0) is 10.0 Å². The first-order chi connectivity index (χ1) is 9.19. The van der Waals surface area contributed by atoms with E-state index in [1.54, 1.807) is 6.92 Å².